The van der Waals surface area contributed by atoms with Crippen LogP contribution in [0.2, 0.25) is 0 Å². The summed E-state index contributed by atoms with van der Waals surface area (Å²) in [5, 5.41) is 4.24. The number of nitrogen functional groups attached to an aromatic ring is 1. The Morgan fingerprint density at radius 3 is 2.53 bits per heavy atom. The highest BCUT2D eigenvalue weighted by Gasteiger charge is 2.08. The van der Waals surface area contributed by atoms with Crippen molar-refractivity contribution in [1.82, 2.24) is 9.78 Å². The van der Waals surface area contributed by atoms with Crippen LogP contribution in [-0.4, -0.2) is 9.78 Å². The van der Waals surface area contributed by atoms with Crippen LogP contribution in [0.15, 0.2) is 33.3 Å². The number of aryl methyl sites for hydroxylation is 1. The molecule has 0 atom stereocenters. The first-order valence-corrected chi connectivity index (χ1v) is 6.50. The molecule has 4 nitrogen and oxygen atoms in total. The van der Waals surface area contributed by atoms with E-state index in [1.54, 1.807) is 16.8 Å². The minimum absolute atomic E-state index is 0.419. The van der Waals surface area contributed by atoms with Crippen LogP contribution in [0.5, 0.6) is 5.75 Å². The van der Waals surface area contributed by atoms with Crippen LogP contribution in [0.3, 0.4) is 0 Å². The van der Waals surface area contributed by atoms with E-state index in [9.17, 15) is 0 Å². The Bertz CT molecular complexity index is 516. The number of ether oxygens (including phenoxy) is 1. The number of hydrogen-bond donors (Lipinski definition) is 1. The van der Waals surface area contributed by atoms with E-state index in [4.69, 9.17) is 10.5 Å². The van der Waals surface area contributed by atoms with Crippen LogP contribution >= 0.6 is 31.9 Å². The molecule has 2 aromatic rings. The second-order valence-electron chi connectivity index (χ2n) is 3.58. The number of anilines is 1. The minimum Gasteiger partial charge on any atom is -0.485 e. The second-order valence-corrected chi connectivity index (χ2v) is 5.29. The highest BCUT2D eigenvalue weighted by atomic mass is 79.9. The van der Waals surface area contributed by atoms with Crippen LogP contribution in [-0.2, 0) is 13.7 Å². The van der Waals surface area contributed by atoms with E-state index >= 15 is 0 Å². The van der Waals surface area contributed by atoms with Crippen LogP contribution in [0.4, 0.5) is 5.69 Å². The van der Waals surface area contributed by atoms with Gasteiger partial charge in [-0.15, -0.1) is 0 Å². The van der Waals surface area contributed by atoms with Crippen molar-refractivity contribution in [2.75, 3.05) is 5.73 Å². The van der Waals surface area contributed by atoms with Crippen LogP contribution < -0.4 is 10.5 Å². The predicted molar refractivity (Wildman–Crippen MR) is 73.8 cm³/mol. The quantitative estimate of drug-likeness (QED) is 0.855. The summed E-state index contributed by atoms with van der Waals surface area (Å²) in [4.78, 5) is 0. The molecule has 0 aliphatic rings. The first-order valence-electron chi connectivity index (χ1n) is 4.92. The van der Waals surface area contributed by atoms with E-state index in [0.29, 0.717) is 12.3 Å². The SMILES string of the molecule is Cn1ccc(COc2c(Br)cc(N)cc2Br)n1. The van der Waals surface area contributed by atoms with Crippen molar-refractivity contribution in [2.24, 2.45) is 7.05 Å². The van der Waals surface area contributed by atoms with Gasteiger partial charge in [0.15, 0.2) is 0 Å². The Labute approximate surface area is 116 Å². The van der Waals surface area contributed by atoms with Gasteiger partial charge in [-0.3, -0.25) is 4.68 Å². The van der Waals surface area contributed by atoms with Gasteiger partial charge in [0.1, 0.15) is 12.4 Å². The van der Waals surface area contributed by atoms with Crippen molar-refractivity contribution in [1.29, 1.82) is 0 Å². The van der Waals surface area contributed by atoms with E-state index in [-0.39, 0.29) is 0 Å². The highest BCUT2D eigenvalue weighted by Crippen LogP contribution is 2.35. The lowest BCUT2D eigenvalue weighted by Crippen LogP contribution is -1.99. The standard InChI is InChI=1S/C11H11Br2N3O/c1-16-3-2-8(15-16)6-17-11-9(12)4-7(14)5-10(11)13/h2-5H,6,14H2,1H3. The summed E-state index contributed by atoms with van der Waals surface area (Å²) >= 11 is 6.83. The van der Waals surface area contributed by atoms with E-state index < -0.39 is 0 Å². The molecule has 1 aromatic carbocycles. The van der Waals surface area contributed by atoms with Gasteiger partial charge in [0.2, 0.25) is 0 Å². The Balaban J connectivity index is 2.14. The van der Waals surface area contributed by atoms with Crippen LogP contribution in [0.1, 0.15) is 5.69 Å². The number of rotatable bonds is 3. The maximum atomic E-state index is 5.71. The fraction of sp³-hybridized carbons (Fsp3) is 0.182. The number of halogens is 2. The fourth-order valence-corrected chi connectivity index (χ4v) is 2.85. The van der Waals surface area contributed by atoms with Gasteiger partial charge in [0.25, 0.3) is 0 Å². The maximum Gasteiger partial charge on any atom is 0.148 e. The van der Waals surface area contributed by atoms with Crippen molar-refractivity contribution < 1.29 is 4.74 Å². The monoisotopic (exact) mass is 359 g/mol. The van der Waals surface area contributed by atoms with Gasteiger partial charge in [-0.1, -0.05) is 0 Å². The second kappa shape index (κ2) is 5.10. The summed E-state index contributed by atoms with van der Waals surface area (Å²) in [5.74, 6) is 0.727. The lowest BCUT2D eigenvalue weighted by Gasteiger charge is -2.09. The molecule has 0 unspecified atom stereocenters. The molecule has 0 spiro atoms. The topological polar surface area (TPSA) is 53.1 Å². The molecule has 2 rings (SSSR count). The number of hydrogen-bond acceptors (Lipinski definition) is 3. The number of nitrogens with zero attached hydrogens (tertiary/aromatic N) is 2. The third-order valence-electron chi connectivity index (χ3n) is 2.15. The summed E-state index contributed by atoms with van der Waals surface area (Å²) in [6.07, 6.45) is 1.88. The van der Waals surface area contributed by atoms with Crippen molar-refractivity contribution in [3.63, 3.8) is 0 Å². The smallest absolute Gasteiger partial charge is 0.148 e. The zero-order chi connectivity index (χ0) is 12.4. The van der Waals surface area contributed by atoms with E-state index in [1.807, 2.05) is 19.3 Å². The zero-order valence-electron chi connectivity index (χ0n) is 9.15. The third kappa shape index (κ3) is 3.01. The predicted octanol–water partition coefficient (Wildman–Crippen LogP) is 3.11. The molecule has 0 aliphatic carbocycles. The first-order chi connectivity index (χ1) is 8.06. The summed E-state index contributed by atoms with van der Waals surface area (Å²) in [6, 6.07) is 5.52. The average molecular weight is 361 g/mol. The van der Waals surface area contributed by atoms with Gasteiger partial charge in [-0.05, 0) is 50.1 Å². The van der Waals surface area contributed by atoms with Crippen LogP contribution in [0, 0.1) is 0 Å². The molecule has 6 heteroatoms. The van der Waals surface area contributed by atoms with Gasteiger partial charge in [0, 0.05) is 18.9 Å². The number of aromatic nitrogens is 2. The molecule has 0 amide bonds. The zero-order valence-corrected chi connectivity index (χ0v) is 12.3. The first kappa shape index (κ1) is 12.4. The Hall–Kier alpha value is -1.01. The molecule has 0 radical (unpaired) electrons. The van der Waals surface area contributed by atoms with Crippen molar-refractivity contribution >= 4 is 37.5 Å². The largest absolute Gasteiger partial charge is 0.485 e. The molecule has 2 N–H and O–H groups in total. The normalized spacial score (nSPS) is 10.5. The Morgan fingerprint density at radius 2 is 2.00 bits per heavy atom. The number of benzene rings is 1. The third-order valence-corrected chi connectivity index (χ3v) is 3.33. The lowest BCUT2D eigenvalue weighted by molar-refractivity contribution is 0.296. The molecule has 90 valence electrons. The summed E-state index contributed by atoms with van der Waals surface area (Å²) in [6.45, 7) is 0.419. The average Bonchev–Trinajstić information content (AvgIpc) is 2.62. The Morgan fingerprint density at radius 1 is 1.35 bits per heavy atom. The molecule has 0 bridgehead atoms. The van der Waals surface area contributed by atoms with Gasteiger partial charge < -0.3 is 10.5 Å². The number of nitrogens with two attached hydrogens (primary N) is 1. The molecule has 1 aromatic heterocycles. The van der Waals surface area contributed by atoms with Gasteiger partial charge in [0.05, 0.1) is 14.6 Å². The van der Waals surface area contributed by atoms with E-state index in [1.165, 1.54) is 0 Å². The summed E-state index contributed by atoms with van der Waals surface area (Å²) < 4.78 is 9.08. The molecule has 17 heavy (non-hydrogen) atoms. The van der Waals surface area contributed by atoms with Crippen LogP contribution in [0.25, 0.3) is 0 Å². The molecule has 1 heterocycles. The molecular weight excluding hydrogens is 350 g/mol. The molecule has 0 saturated carbocycles. The van der Waals surface area contributed by atoms with Crippen molar-refractivity contribution in [3.8, 4) is 5.75 Å². The summed E-state index contributed by atoms with van der Waals surface area (Å²) in [7, 11) is 1.87. The van der Waals surface area contributed by atoms with Gasteiger partial charge in [-0.25, -0.2) is 0 Å². The minimum atomic E-state index is 0.419. The van der Waals surface area contributed by atoms with E-state index in [2.05, 4.69) is 37.0 Å². The lowest BCUT2D eigenvalue weighted by atomic mass is 10.3. The molecule has 0 saturated heterocycles. The maximum absolute atomic E-state index is 5.71. The summed E-state index contributed by atoms with van der Waals surface area (Å²) in [5.41, 5.74) is 7.26. The fourth-order valence-electron chi connectivity index (χ4n) is 1.40. The van der Waals surface area contributed by atoms with Crippen molar-refractivity contribution in [2.45, 2.75) is 6.61 Å². The molecule has 0 fully saturated rings. The van der Waals surface area contributed by atoms with Crippen molar-refractivity contribution in [3.05, 3.63) is 39.0 Å². The molecule has 0 aliphatic heterocycles. The molecular formula is C11H11Br2N3O. The van der Waals surface area contributed by atoms with Gasteiger partial charge in [-0.2, -0.15) is 5.10 Å². The van der Waals surface area contributed by atoms with Gasteiger partial charge >= 0.3 is 0 Å². The van der Waals surface area contributed by atoms with E-state index in [0.717, 1.165) is 20.4 Å². The highest BCUT2D eigenvalue weighted by molar-refractivity contribution is 9.11. The Kier molecular flexibility index (Phi) is 3.73.